The molecule has 3 rings (SSSR count). The minimum absolute atomic E-state index is 0.0344. The summed E-state index contributed by atoms with van der Waals surface area (Å²) in [4.78, 5) is 25.8. The summed E-state index contributed by atoms with van der Waals surface area (Å²) in [7, 11) is 0. The van der Waals surface area contributed by atoms with Crippen LogP contribution in [0.5, 0.6) is 0 Å². The number of carbonyl (C=O) groups is 2. The lowest BCUT2D eigenvalue weighted by atomic mass is 9.96. The largest absolute Gasteiger partial charge is 0.480 e. The van der Waals surface area contributed by atoms with Gasteiger partial charge in [0.25, 0.3) is 0 Å². The molecule has 0 spiro atoms. The molecule has 1 aliphatic carbocycles. The summed E-state index contributed by atoms with van der Waals surface area (Å²) < 4.78 is 0. The first-order chi connectivity index (χ1) is 9.93. The first-order valence-corrected chi connectivity index (χ1v) is 7.36. The van der Waals surface area contributed by atoms with Crippen molar-refractivity contribution in [2.45, 2.75) is 44.7 Å². The number of carbonyl (C=O) groups excluding carboxylic acids is 1. The average Bonchev–Trinajstić information content (AvgIpc) is 3.21. The van der Waals surface area contributed by atoms with Crippen LogP contribution in [0.25, 0.3) is 0 Å². The number of anilines is 1. The zero-order valence-electron chi connectivity index (χ0n) is 12.3. The van der Waals surface area contributed by atoms with Crippen LogP contribution < -0.4 is 10.2 Å². The third kappa shape index (κ3) is 2.26. The van der Waals surface area contributed by atoms with E-state index in [4.69, 9.17) is 0 Å². The van der Waals surface area contributed by atoms with Crippen LogP contribution in [-0.4, -0.2) is 28.7 Å². The average molecular weight is 288 g/mol. The summed E-state index contributed by atoms with van der Waals surface area (Å²) in [5.41, 5.74) is 0.837. The van der Waals surface area contributed by atoms with E-state index in [1.54, 1.807) is 11.8 Å². The number of para-hydroxylation sites is 1. The third-order valence-electron chi connectivity index (χ3n) is 4.63. The Hall–Kier alpha value is -2.04. The third-order valence-corrected chi connectivity index (χ3v) is 4.63. The van der Waals surface area contributed by atoms with E-state index < -0.39 is 11.5 Å². The quantitative estimate of drug-likeness (QED) is 0.897. The number of nitrogens with one attached hydrogen (secondary N) is 1. The standard InChI is InChI=1S/C16H20N2O3/c1-10-9-11-5-3-4-6-13(11)18(10)15(21)17-16(2,14(19)20)12-7-8-12/h3-6,10,12H,7-9H2,1-2H3,(H,17,21)(H,19,20). The van der Waals surface area contributed by atoms with Gasteiger partial charge in [0.2, 0.25) is 0 Å². The molecule has 1 aromatic carbocycles. The molecule has 0 saturated heterocycles. The van der Waals surface area contributed by atoms with Crippen LogP contribution in [0.15, 0.2) is 24.3 Å². The Kier molecular flexibility index (Phi) is 3.15. The van der Waals surface area contributed by atoms with Crippen molar-refractivity contribution in [1.29, 1.82) is 0 Å². The van der Waals surface area contributed by atoms with E-state index in [1.807, 2.05) is 31.2 Å². The predicted molar refractivity (Wildman–Crippen MR) is 79.4 cm³/mol. The van der Waals surface area contributed by atoms with E-state index in [1.165, 1.54) is 0 Å². The van der Waals surface area contributed by atoms with Gasteiger partial charge in [0.05, 0.1) is 0 Å². The highest BCUT2D eigenvalue weighted by Crippen LogP contribution is 2.40. The minimum atomic E-state index is -1.17. The van der Waals surface area contributed by atoms with Crippen LogP contribution in [0, 0.1) is 5.92 Å². The van der Waals surface area contributed by atoms with Gasteiger partial charge in [0.1, 0.15) is 5.54 Å². The Morgan fingerprint density at radius 3 is 2.62 bits per heavy atom. The topological polar surface area (TPSA) is 69.6 Å². The fourth-order valence-electron chi connectivity index (χ4n) is 3.15. The molecule has 0 bridgehead atoms. The van der Waals surface area contributed by atoms with E-state index in [0.717, 1.165) is 30.5 Å². The smallest absolute Gasteiger partial charge is 0.329 e. The highest BCUT2D eigenvalue weighted by atomic mass is 16.4. The molecule has 5 nitrogen and oxygen atoms in total. The molecule has 112 valence electrons. The van der Waals surface area contributed by atoms with E-state index in [2.05, 4.69) is 5.32 Å². The number of urea groups is 1. The Morgan fingerprint density at radius 1 is 1.33 bits per heavy atom. The van der Waals surface area contributed by atoms with Gasteiger partial charge in [0.15, 0.2) is 0 Å². The summed E-state index contributed by atoms with van der Waals surface area (Å²) in [6.07, 6.45) is 2.52. The van der Waals surface area contributed by atoms with Crippen LogP contribution >= 0.6 is 0 Å². The Morgan fingerprint density at radius 2 is 2.00 bits per heavy atom. The maximum atomic E-state index is 12.6. The second-order valence-corrected chi connectivity index (χ2v) is 6.26. The predicted octanol–water partition coefficient (Wildman–Crippen LogP) is 2.40. The number of hydrogen-bond acceptors (Lipinski definition) is 2. The lowest BCUT2D eigenvalue weighted by Crippen LogP contribution is -2.58. The summed E-state index contributed by atoms with van der Waals surface area (Å²) >= 11 is 0. The van der Waals surface area contributed by atoms with Crippen molar-refractivity contribution in [3.05, 3.63) is 29.8 Å². The Bertz CT molecular complexity index is 597. The van der Waals surface area contributed by atoms with E-state index in [0.29, 0.717) is 0 Å². The molecule has 2 N–H and O–H groups in total. The summed E-state index contributed by atoms with van der Waals surface area (Å²) in [6, 6.07) is 7.50. The fraction of sp³-hybridized carbons (Fsp3) is 0.500. The number of carboxylic acid groups (broad SMARTS) is 1. The number of benzene rings is 1. The van der Waals surface area contributed by atoms with Gasteiger partial charge in [-0.25, -0.2) is 9.59 Å². The van der Waals surface area contributed by atoms with Gasteiger partial charge in [0, 0.05) is 11.7 Å². The molecule has 0 radical (unpaired) electrons. The first kappa shape index (κ1) is 13.9. The van der Waals surface area contributed by atoms with Crippen LogP contribution in [0.1, 0.15) is 32.3 Å². The van der Waals surface area contributed by atoms with Gasteiger partial charge in [-0.05, 0) is 50.7 Å². The van der Waals surface area contributed by atoms with Crippen LogP contribution in [0.4, 0.5) is 10.5 Å². The number of amides is 2. The zero-order valence-corrected chi connectivity index (χ0v) is 12.3. The molecule has 1 aliphatic heterocycles. The molecule has 21 heavy (non-hydrogen) atoms. The molecule has 1 fully saturated rings. The molecule has 0 aromatic heterocycles. The maximum Gasteiger partial charge on any atom is 0.329 e. The fourth-order valence-corrected chi connectivity index (χ4v) is 3.15. The van der Waals surface area contributed by atoms with Crippen molar-refractivity contribution in [1.82, 2.24) is 5.32 Å². The minimum Gasteiger partial charge on any atom is -0.480 e. The van der Waals surface area contributed by atoms with Crippen molar-refractivity contribution in [2.75, 3.05) is 4.90 Å². The van der Waals surface area contributed by atoms with Gasteiger partial charge in [-0.3, -0.25) is 4.90 Å². The van der Waals surface area contributed by atoms with Crippen LogP contribution in [0.3, 0.4) is 0 Å². The molecule has 5 heteroatoms. The van der Waals surface area contributed by atoms with Gasteiger partial charge in [-0.1, -0.05) is 18.2 Å². The van der Waals surface area contributed by atoms with Crippen LogP contribution in [-0.2, 0) is 11.2 Å². The normalized spacial score (nSPS) is 23.3. The van der Waals surface area contributed by atoms with E-state index in [-0.39, 0.29) is 18.0 Å². The molecule has 1 aromatic rings. The van der Waals surface area contributed by atoms with Gasteiger partial charge < -0.3 is 10.4 Å². The summed E-state index contributed by atoms with van der Waals surface area (Å²) in [6.45, 7) is 3.59. The lowest BCUT2D eigenvalue weighted by Gasteiger charge is -2.31. The molecule has 2 aliphatic rings. The van der Waals surface area contributed by atoms with E-state index in [9.17, 15) is 14.7 Å². The number of carboxylic acids is 1. The number of rotatable bonds is 3. The molecule has 1 heterocycles. The second-order valence-electron chi connectivity index (χ2n) is 6.26. The Labute approximate surface area is 123 Å². The van der Waals surface area contributed by atoms with Crippen molar-refractivity contribution < 1.29 is 14.7 Å². The maximum absolute atomic E-state index is 12.6. The molecule has 2 unspecified atom stereocenters. The molecule has 2 amide bonds. The SMILES string of the molecule is CC1Cc2ccccc2N1C(=O)NC(C)(C(=O)O)C1CC1. The number of aliphatic carboxylic acids is 1. The molecule has 1 saturated carbocycles. The number of hydrogen-bond donors (Lipinski definition) is 2. The Balaban J connectivity index is 1.84. The molecular weight excluding hydrogens is 268 g/mol. The van der Waals surface area contributed by atoms with Crippen LogP contribution in [0.2, 0.25) is 0 Å². The zero-order chi connectivity index (χ0) is 15.2. The summed E-state index contributed by atoms with van der Waals surface area (Å²) in [5, 5.41) is 12.2. The van der Waals surface area contributed by atoms with Crippen molar-refractivity contribution in [2.24, 2.45) is 5.92 Å². The van der Waals surface area contributed by atoms with Gasteiger partial charge in [-0.15, -0.1) is 0 Å². The molecular formula is C16H20N2O3. The van der Waals surface area contributed by atoms with Crippen molar-refractivity contribution >= 4 is 17.7 Å². The number of nitrogens with zero attached hydrogens (tertiary/aromatic N) is 1. The number of fused-ring (bicyclic) bond motifs is 1. The highest BCUT2D eigenvalue weighted by molar-refractivity contribution is 5.98. The lowest BCUT2D eigenvalue weighted by molar-refractivity contribution is -0.144. The van der Waals surface area contributed by atoms with Crippen molar-refractivity contribution in [3.8, 4) is 0 Å². The second kappa shape index (κ2) is 4.76. The summed E-state index contributed by atoms with van der Waals surface area (Å²) in [5.74, 6) is -0.925. The van der Waals surface area contributed by atoms with Gasteiger partial charge >= 0.3 is 12.0 Å². The first-order valence-electron chi connectivity index (χ1n) is 7.36. The highest BCUT2D eigenvalue weighted by Gasteiger charge is 2.49. The van der Waals surface area contributed by atoms with Gasteiger partial charge in [-0.2, -0.15) is 0 Å². The molecule has 2 atom stereocenters. The monoisotopic (exact) mass is 288 g/mol. The van der Waals surface area contributed by atoms with Crippen molar-refractivity contribution in [3.63, 3.8) is 0 Å². The van der Waals surface area contributed by atoms with E-state index >= 15 is 0 Å².